The van der Waals surface area contributed by atoms with Crippen LogP contribution in [-0.2, 0) is 17.6 Å². The van der Waals surface area contributed by atoms with Crippen molar-refractivity contribution in [1.29, 1.82) is 0 Å². The highest BCUT2D eigenvalue weighted by Gasteiger charge is 2.27. The molecular formula is C19H19ClFNO3. The van der Waals surface area contributed by atoms with Gasteiger partial charge in [-0.2, -0.15) is 0 Å². The first-order valence-electron chi connectivity index (χ1n) is 8.09. The van der Waals surface area contributed by atoms with Gasteiger partial charge in [-0.3, -0.25) is 4.79 Å². The second-order valence-corrected chi connectivity index (χ2v) is 6.31. The molecule has 132 valence electrons. The summed E-state index contributed by atoms with van der Waals surface area (Å²) >= 11 is 5.99. The SMILES string of the molecule is COc1cccc2c1OC[C@H](C(=O)NCCc1c(F)cccc1Cl)C2. The predicted molar refractivity (Wildman–Crippen MR) is 93.8 cm³/mol. The van der Waals surface area contributed by atoms with Gasteiger partial charge in [0.2, 0.25) is 5.91 Å². The summed E-state index contributed by atoms with van der Waals surface area (Å²) in [5.41, 5.74) is 1.36. The van der Waals surface area contributed by atoms with Crippen LogP contribution in [0, 0.1) is 11.7 Å². The second-order valence-electron chi connectivity index (χ2n) is 5.90. The maximum Gasteiger partial charge on any atom is 0.226 e. The zero-order chi connectivity index (χ0) is 17.8. The fourth-order valence-electron chi connectivity index (χ4n) is 2.95. The molecule has 1 aliphatic heterocycles. The number of hydrogen-bond acceptors (Lipinski definition) is 3. The molecule has 0 fully saturated rings. The van der Waals surface area contributed by atoms with Crippen LogP contribution in [0.15, 0.2) is 36.4 Å². The standard InChI is InChI=1S/C19H19ClFNO3/c1-24-17-7-2-4-12-10-13(11-25-18(12)17)19(23)22-9-8-14-15(20)5-3-6-16(14)21/h2-7,13H,8-11H2,1H3,(H,22,23)/t13-/m1/s1. The molecule has 0 radical (unpaired) electrons. The lowest BCUT2D eigenvalue weighted by Gasteiger charge is -2.25. The van der Waals surface area contributed by atoms with Gasteiger partial charge in [-0.1, -0.05) is 29.8 Å². The van der Waals surface area contributed by atoms with E-state index in [4.69, 9.17) is 21.1 Å². The van der Waals surface area contributed by atoms with Crippen LogP contribution in [0.1, 0.15) is 11.1 Å². The van der Waals surface area contributed by atoms with Gasteiger partial charge in [0.15, 0.2) is 11.5 Å². The third-order valence-electron chi connectivity index (χ3n) is 4.28. The van der Waals surface area contributed by atoms with Crippen LogP contribution in [0.3, 0.4) is 0 Å². The van der Waals surface area contributed by atoms with Gasteiger partial charge in [-0.05, 0) is 36.6 Å². The molecule has 4 nitrogen and oxygen atoms in total. The fourth-order valence-corrected chi connectivity index (χ4v) is 3.21. The van der Waals surface area contributed by atoms with Crippen LogP contribution >= 0.6 is 11.6 Å². The van der Waals surface area contributed by atoms with E-state index in [1.807, 2.05) is 18.2 Å². The van der Waals surface area contributed by atoms with E-state index in [1.54, 1.807) is 19.2 Å². The monoisotopic (exact) mass is 363 g/mol. The number of rotatable bonds is 5. The van der Waals surface area contributed by atoms with E-state index >= 15 is 0 Å². The normalized spacial score (nSPS) is 15.9. The molecule has 0 saturated carbocycles. The first-order chi connectivity index (χ1) is 12.1. The Morgan fingerprint density at radius 1 is 1.36 bits per heavy atom. The Morgan fingerprint density at radius 2 is 2.16 bits per heavy atom. The van der Waals surface area contributed by atoms with E-state index in [0.29, 0.717) is 48.1 Å². The number of nitrogens with one attached hydrogen (secondary N) is 1. The molecule has 3 rings (SSSR count). The molecule has 1 atom stereocenters. The van der Waals surface area contributed by atoms with Crippen LogP contribution in [0.4, 0.5) is 4.39 Å². The van der Waals surface area contributed by atoms with Gasteiger partial charge in [0.1, 0.15) is 12.4 Å². The summed E-state index contributed by atoms with van der Waals surface area (Å²) in [4.78, 5) is 12.4. The Labute approximate surface area is 150 Å². The molecule has 0 saturated heterocycles. The molecule has 0 bridgehead atoms. The van der Waals surface area contributed by atoms with Gasteiger partial charge in [0.25, 0.3) is 0 Å². The molecule has 1 amide bonds. The highest BCUT2D eigenvalue weighted by molar-refractivity contribution is 6.31. The van der Waals surface area contributed by atoms with Crippen LogP contribution in [0.2, 0.25) is 5.02 Å². The van der Waals surface area contributed by atoms with E-state index in [9.17, 15) is 9.18 Å². The van der Waals surface area contributed by atoms with E-state index in [0.717, 1.165) is 5.56 Å². The molecule has 0 spiro atoms. The van der Waals surface area contributed by atoms with Crippen molar-refractivity contribution in [2.45, 2.75) is 12.8 Å². The van der Waals surface area contributed by atoms with Crippen molar-refractivity contribution < 1.29 is 18.7 Å². The molecule has 2 aromatic carbocycles. The summed E-state index contributed by atoms with van der Waals surface area (Å²) in [6, 6.07) is 10.2. The van der Waals surface area contributed by atoms with Crippen LogP contribution in [0.25, 0.3) is 0 Å². The number of methoxy groups -OCH3 is 1. The Kier molecular flexibility index (Phi) is 5.43. The lowest BCUT2D eigenvalue weighted by Crippen LogP contribution is -2.38. The fraction of sp³-hybridized carbons (Fsp3) is 0.316. The third-order valence-corrected chi connectivity index (χ3v) is 4.64. The third kappa shape index (κ3) is 3.87. The average Bonchev–Trinajstić information content (AvgIpc) is 2.63. The molecule has 1 heterocycles. The van der Waals surface area contributed by atoms with E-state index in [2.05, 4.69) is 5.32 Å². The summed E-state index contributed by atoms with van der Waals surface area (Å²) in [7, 11) is 1.59. The molecule has 2 aromatic rings. The quantitative estimate of drug-likeness (QED) is 0.885. The van der Waals surface area contributed by atoms with Crippen molar-refractivity contribution in [3.63, 3.8) is 0 Å². The summed E-state index contributed by atoms with van der Waals surface area (Å²) in [6.07, 6.45) is 0.925. The molecule has 25 heavy (non-hydrogen) atoms. The van der Waals surface area contributed by atoms with Gasteiger partial charge in [-0.25, -0.2) is 4.39 Å². The summed E-state index contributed by atoms with van der Waals surface area (Å²) in [5.74, 6) is 0.623. The van der Waals surface area contributed by atoms with Gasteiger partial charge in [0, 0.05) is 17.1 Å². The Hall–Kier alpha value is -2.27. The summed E-state index contributed by atoms with van der Waals surface area (Å²) in [5, 5.41) is 3.21. The van der Waals surface area contributed by atoms with Gasteiger partial charge >= 0.3 is 0 Å². The molecule has 6 heteroatoms. The molecule has 0 unspecified atom stereocenters. The first kappa shape index (κ1) is 17.5. The van der Waals surface area contributed by atoms with E-state index in [1.165, 1.54) is 6.07 Å². The van der Waals surface area contributed by atoms with Crippen LogP contribution in [-0.4, -0.2) is 26.2 Å². The maximum absolute atomic E-state index is 13.7. The highest BCUT2D eigenvalue weighted by Crippen LogP contribution is 2.36. The number of ether oxygens (including phenoxy) is 2. The molecular weight excluding hydrogens is 345 g/mol. The second kappa shape index (κ2) is 7.74. The minimum absolute atomic E-state index is 0.110. The lowest BCUT2D eigenvalue weighted by atomic mass is 9.95. The minimum Gasteiger partial charge on any atom is -0.493 e. The van der Waals surface area contributed by atoms with Crippen molar-refractivity contribution in [1.82, 2.24) is 5.32 Å². The number of fused-ring (bicyclic) bond motifs is 1. The topological polar surface area (TPSA) is 47.6 Å². The Balaban J connectivity index is 1.58. The summed E-state index contributed by atoms with van der Waals surface area (Å²) in [6.45, 7) is 0.612. The molecule has 1 N–H and O–H groups in total. The smallest absolute Gasteiger partial charge is 0.226 e. The number of benzene rings is 2. The molecule has 0 aromatic heterocycles. The van der Waals surface area contributed by atoms with E-state index in [-0.39, 0.29) is 17.6 Å². The zero-order valence-corrected chi connectivity index (χ0v) is 14.6. The highest BCUT2D eigenvalue weighted by atomic mass is 35.5. The summed E-state index contributed by atoms with van der Waals surface area (Å²) < 4.78 is 24.7. The zero-order valence-electron chi connectivity index (χ0n) is 13.9. The van der Waals surface area contributed by atoms with Gasteiger partial charge in [-0.15, -0.1) is 0 Å². The van der Waals surface area contributed by atoms with Crippen molar-refractivity contribution in [2.24, 2.45) is 5.92 Å². The van der Waals surface area contributed by atoms with Gasteiger partial charge in [0.05, 0.1) is 13.0 Å². The number of para-hydroxylation sites is 1. The minimum atomic E-state index is -0.358. The Bertz CT molecular complexity index is 761. The Morgan fingerprint density at radius 3 is 2.92 bits per heavy atom. The van der Waals surface area contributed by atoms with Crippen molar-refractivity contribution in [3.05, 3.63) is 58.4 Å². The largest absolute Gasteiger partial charge is 0.493 e. The van der Waals surface area contributed by atoms with Crippen molar-refractivity contribution in [3.8, 4) is 11.5 Å². The van der Waals surface area contributed by atoms with Crippen molar-refractivity contribution >= 4 is 17.5 Å². The van der Waals surface area contributed by atoms with Gasteiger partial charge < -0.3 is 14.8 Å². The predicted octanol–water partition coefficient (Wildman–Crippen LogP) is 3.40. The number of carbonyl (C=O) groups excluding carboxylic acids is 1. The van der Waals surface area contributed by atoms with Crippen molar-refractivity contribution in [2.75, 3.05) is 20.3 Å². The number of hydrogen-bond donors (Lipinski definition) is 1. The molecule has 0 aliphatic carbocycles. The van der Waals surface area contributed by atoms with Crippen LogP contribution in [0.5, 0.6) is 11.5 Å². The number of carbonyl (C=O) groups is 1. The van der Waals surface area contributed by atoms with E-state index < -0.39 is 0 Å². The molecule has 1 aliphatic rings. The average molecular weight is 364 g/mol. The maximum atomic E-state index is 13.7. The number of halogens is 2. The number of amides is 1. The lowest BCUT2D eigenvalue weighted by molar-refractivity contribution is -0.126. The first-order valence-corrected chi connectivity index (χ1v) is 8.47. The van der Waals surface area contributed by atoms with Crippen LogP contribution < -0.4 is 14.8 Å².